The molecule has 2 aromatic rings. The quantitative estimate of drug-likeness (QED) is 0.838. The fourth-order valence-electron chi connectivity index (χ4n) is 3.20. The Morgan fingerprint density at radius 1 is 1.40 bits per heavy atom. The molecule has 7 heteroatoms. The number of hydrogen-bond donors (Lipinski definition) is 0. The van der Waals surface area contributed by atoms with Crippen LogP contribution in [0.5, 0.6) is 0 Å². The molecule has 134 valence electrons. The van der Waals surface area contributed by atoms with E-state index in [2.05, 4.69) is 10.1 Å². The van der Waals surface area contributed by atoms with Gasteiger partial charge in [-0.3, -0.25) is 4.79 Å². The number of carbonyl (C=O) groups is 1. The number of piperidine rings is 1. The number of aryl methyl sites for hydroxylation is 2. The predicted octanol–water partition coefficient (Wildman–Crippen LogP) is 3.18. The molecule has 0 radical (unpaired) electrons. The van der Waals surface area contributed by atoms with Crippen LogP contribution in [0.25, 0.3) is 5.82 Å². The van der Waals surface area contributed by atoms with Crippen LogP contribution in [-0.4, -0.2) is 51.4 Å². The fraction of sp³-hybridized carbons (Fsp3) is 0.500. The first kappa shape index (κ1) is 17.9. The number of amides is 1. The summed E-state index contributed by atoms with van der Waals surface area (Å²) >= 11 is 6.27. The SMILES string of the molecule is CCOC1CCCN(C(=O)c2nc(-n3nc(C)cc3C)ccc2Cl)C1. The summed E-state index contributed by atoms with van der Waals surface area (Å²) in [7, 11) is 0. The molecule has 1 unspecified atom stereocenters. The monoisotopic (exact) mass is 362 g/mol. The largest absolute Gasteiger partial charge is 0.377 e. The third-order valence-corrected chi connectivity index (χ3v) is 4.63. The molecule has 0 spiro atoms. The highest BCUT2D eigenvalue weighted by atomic mass is 35.5. The molecule has 1 saturated heterocycles. The van der Waals surface area contributed by atoms with Crippen LogP contribution in [0.4, 0.5) is 0 Å². The zero-order valence-electron chi connectivity index (χ0n) is 14.8. The van der Waals surface area contributed by atoms with Crippen LogP contribution in [0.1, 0.15) is 41.6 Å². The summed E-state index contributed by atoms with van der Waals surface area (Å²) in [6, 6.07) is 5.45. The molecular weight excluding hydrogens is 340 g/mol. The molecule has 0 N–H and O–H groups in total. The lowest BCUT2D eigenvalue weighted by atomic mass is 10.1. The van der Waals surface area contributed by atoms with E-state index in [0.29, 0.717) is 30.5 Å². The van der Waals surface area contributed by atoms with Gasteiger partial charge in [-0.15, -0.1) is 0 Å². The number of halogens is 1. The van der Waals surface area contributed by atoms with Crippen LogP contribution in [-0.2, 0) is 4.74 Å². The predicted molar refractivity (Wildman–Crippen MR) is 96.4 cm³/mol. The van der Waals surface area contributed by atoms with Gasteiger partial charge in [0, 0.05) is 25.4 Å². The molecule has 1 fully saturated rings. The van der Waals surface area contributed by atoms with Gasteiger partial charge < -0.3 is 9.64 Å². The second-order valence-electron chi connectivity index (χ2n) is 6.31. The molecule has 1 atom stereocenters. The van der Waals surface area contributed by atoms with Crippen LogP contribution in [0.2, 0.25) is 5.02 Å². The van der Waals surface area contributed by atoms with E-state index < -0.39 is 0 Å². The highest BCUT2D eigenvalue weighted by molar-refractivity contribution is 6.33. The van der Waals surface area contributed by atoms with Gasteiger partial charge in [0.2, 0.25) is 0 Å². The van der Waals surface area contributed by atoms with E-state index in [0.717, 1.165) is 24.2 Å². The molecule has 1 aliphatic heterocycles. The Morgan fingerprint density at radius 3 is 2.88 bits per heavy atom. The van der Waals surface area contributed by atoms with Crippen molar-refractivity contribution in [2.24, 2.45) is 0 Å². The molecule has 1 amide bonds. The van der Waals surface area contributed by atoms with Crippen LogP contribution in [0.3, 0.4) is 0 Å². The van der Waals surface area contributed by atoms with Crippen LogP contribution >= 0.6 is 11.6 Å². The summed E-state index contributed by atoms with van der Waals surface area (Å²) in [4.78, 5) is 19.2. The number of rotatable bonds is 4. The van der Waals surface area contributed by atoms with Crippen molar-refractivity contribution in [3.63, 3.8) is 0 Å². The van der Waals surface area contributed by atoms with Crippen molar-refractivity contribution >= 4 is 17.5 Å². The molecule has 3 heterocycles. The second kappa shape index (κ2) is 7.54. The van der Waals surface area contributed by atoms with Crippen molar-refractivity contribution < 1.29 is 9.53 Å². The number of likely N-dealkylation sites (tertiary alicyclic amines) is 1. The topological polar surface area (TPSA) is 60.2 Å². The Bertz CT molecular complexity index is 772. The third kappa shape index (κ3) is 3.85. The van der Waals surface area contributed by atoms with E-state index in [1.807, 2.05) is 26.8 Å². The molecular formula is C18H23ClN4O2. The van der Waals surface area contributed by atoms with E-state index >= 15 is 0 Å². The Kier molecular flexibility index (Phi) is 5.39. The summed E-state index contributed by atoms with van der Waals surface area (Å²) in [5.41, 5.74) is 2.13. The van der Waals surface area contributed by atoms with Crippen LogP contribution in [0.15, 0.2) is 18.2 Å². The Morgan fingerprint density at radius 2 is 2.20 bits per heavy atom. The van der Waals surface area contributed by atoms with Crippen LogP contribution < -0.4 is 0 Å². The van der Waals surface area contributed by atoms with Gasteiger partial charge in [-0.05, 0) is 51.8 Å². The molecule has 1 aliphatic rings. The highest BCUT2D eigenvalue weighted by Gasteiger charge is 2.27. The summed E-state index contributed by atoms with van der Waals surface area (Å²) in [5, 5.41) is 4.78. The van der Waals surface area contributed by atoms with Gasteiger partial charge in [0.05, 0.1) is 16.8 Å². The van der Waals surface area contributed by atoms with Crippen molar-refractivity contribution in [1.29, 1.82) is 0 Å². The Balaban J connectivity index is 1.87. The molecule has 2 aromatic heterocycles. The van der Waals surface area contributed by atoms with Crippen molar-refractivity contribution in [1.82, 2.24) is 19.7 Å². The van der Waals surface area contributed by atoms with Crippen molar-refractivity contribution in [3.8, 4) is 5.82 Å². The molecule has 0 aliphatic carbocycles. The minimum absolute atomic E-state index is 0.0840. The molecule has 0 saturated carbocycles. The van der Waals surface area contributed by atoms with Gasteiger partial charge in [0.25, 0.3) is 5.91 Å². The smallest absolute Gasteiger partial charge is 0.274 e. The molecule has 25 heavy (non-hydrogen) atoms. The number of hydrogen-bond acceptors (Lipinski definition) is 4. The zero-order chi connectivity index (χ0) is 18.0. The first-order valence-corrected chi connectivity index (χ1v) is 8.98. The van der Waals surface area contributed by atoms with Gasteiger partial charge in [-0.2, -0.15) is 5.10 Å². The van der Waals surface area contributed by atoms with Gasteiger partial charge in [0.15, 0.2) is 5.82 Å². The first-order valence-electron chi connectivity index (χ1n) is 8.60. The lowest BCUT2D eigenvalue weighted by Gasteiger charge is -2.32. The average molecular weight is 363 g/mol. The van der Waals surface area contributed by atoms with Gasteiger partial charge in [-0.25, -0.2) is 9.67 Å². The molecule has 0 aromatic carbocycles. The lowest BCUT2D eigenvalue weighted by molar-refractivity contribution is 0.00704. The second-order valence-corrected chi connectivity index (χ2v) is 6.72. The molecule has 6 nitrogen and oxygen atoms in total. The minimum Gasteiger partial charge on any atom is -0.377 e. The van der Waals surface area contributed by atoms with Crippen molar-refractivity contribution in [2.75, 3.05) is 19.7 Å². The van der Waals surface area contributed by atoms with Gasteiger partial charge >= 0.3 is 0 Å². The number of aromatic nitrogens is 3. The van der Waals surface area contributed by atoms with Crippen molar-refractivity contribution in [2.45, 2.75) is 39.7 Å². The maximum absolute atomic E-state index is 12.9. The standard InChI is InChI=1S/C18H23ClN4O2/c1-4-25-14-6-5-9-22(11-14)18(24)17-15(19)7-8-16(20-17)23-13(3)10-12(2)21-23/h7-8,10,14H,4-6,9,11H2,1-3H3. The van der Waals surface area contributed by atoms with E-state index in [1.54, 1.807) is 21.7 Å². The number of ether oxygens (including phenoxy) is 1. The number of carbonyl (C=O) groups excluding carboxylic acids is 1. The van der Waals surface area contributed by atoms with E-state index in [-0.39, 0.29) is 17.7 Å². The third-order valence-electron chi connectivity index (χ3n) is 4.33. The summed E-state index contributed by atoms with van der Waals surface area (Å²) in [6.45, 7) is 7.78. The number of nitrogens with zero attached hydrogens (tertiary/aromatic N) is 4. The average Bonchev–Trinajstić information content (AvgIpc) is 2.94. The van der Waals surface area contributed by atoms with E-state index in [9.17, 15) is 4.79 Å². The Hall–Kier alpha value is -1.92. The maximum atomic E-state index is 12.9. The van der Waals surface area contributed by atoms with Crippen LogP contribution in [0, 0.1) is 13.8 Å². The molecule has 3 rings (SSSR count). The first-order chi connectivity index (χ1) is 12.0. The van der Waals surface area contributed by atoms with E-state index in [1.165, 1.54) is 0 Å². The lowest BCUT2D eigenvalue weighted by Crippen LogP contribution is -2.43. The molecule has 0 bridgehead atoms. The van der Waals surface area contributed by atoms with E-state index in [4.69, 9.17) is 16.3 Å². The zero-order valence-corrected chi connectivity index (χ0v) is 15.6. The van der Waals surface area contributed by atoms with Gasteiger partial charge in [0.1, 0.15) is 5.69 Å². The summed E-state index contributed by atoms with van der Waals surface area (Å²) < 4.78 is 7.40. The summed E-state index contributed by atoms with van der Waals surface area (Å²) in [5.74, 6) is 0.439. The van der Waals surface area contributed by atoms with Crippen molar-refractivity contribution in [3.05, 3.63) is 40.3 Å². The highest BCUT2D eigenvalue weighted by Crippen LogP contribution is 2.22. The minimum atomic E-state index is -0.155. The summed E-state index contributed by atoms with van der Waals surface area (Å²) in [6.07, 6.45) is 1.98. The number of pyridine rings is 1. The van der Waals surface area contributed by atoms with Gasteiger partial charge in [-0.1, -0.05) is 11.6 Å². The normalized spacial score (nSPS) is 17.8. The Labute approximate surface area is 152 Å². The fourth-order valence-corrected chi connectivity index (χ4v) is 3.39. The maximum Gasteiger partial charge on any atom is 0.274 e.